The molecular formula is C26H28N2O6. The number of imide groups is 1. The van der Waals surface area contributed by atoms with Crippen molar-refractivity contribution in [2.24, 2.45) is 11.8 Å². The van der Waals surface area contributed by atoms with Gasteiger partial charge in [-0.3, -0.25) is 24.1 Å². The fourth-order valence-corrected chi connectivity index (χ4v) is 4.52. The smallest absolute Gasteiger partial charge is 0.307 e. The maximum Gasteiger partial charge on any atom is 0.307 e. The van der Waals surface area contributed by atoms with Crippen LogP contribution < -0.4 is 10.1 Å². The SMILES string of the molecule is COc1ccc(NC(=O)c2ccc(COC(=O)CCN3C(=O)[C@@H]4CCCC[C@H]4C3=O)cc2)cc1. The second-order valence-electron chi connectivity index (χ2n) is 8.62. The third kappa shape index (κ3) is 5.27. The van der Waals surface area contributed by atoms with Crippen molar-refractivity contribution >= 4 is 29.4 Å². The topological polar surface area (TPSA) is 102 Å². The molecule has 2 aromatic carbocycles. The highest BCUT2D eigenvalue weighted by molar-refractivity contribution is 6.05. The molecule has 1 N–H and O–H groups in total. The van der Waals surface area contributed by atoms with Crippen molar-refractivity contribution in [1.82, 2.24) is 4.90 Å². The van der Waals surface area contributed by atoms with E-state index in [4.69, 9.17) is 9.47 Å². The Labute approximate surface area is 198 Å². The number of hydrogen-bond acceptors (Lipinski definition) is 6. The van der Waals surface area contributed by atoms with Gasteiger partial charge in [0.15, 0.2) is 0 Å². The van der Waals surface area contributed by atoms with Gasteiger partial charge < -0.3 is 14.8 Å². The van der Waals surface area contributed by atoms with Crippen LogP contribution in [0.5, 0.6) is 5.75 Å². The Hall–Kier alpha value is -3.68. The molecule has 1 heterocycles. The van der Waals surface area contributed by atoms with Gasteiger partial charge in [0.05, 0.1) is 25.4 Å². The summed E-state index contributed by atoms with van der Waals surface area (Å²) in [5.41, 5.74) is 1.85. The fraction of sp³-hybridized carbons (Fsp3) is 0.385. The molecule has 1 saturated carbocycles. The number of nitrogens with zero attached hydrogens (tertiary/aromatic N) is 1. The van der Waals surface area contributed by atoms with E-state index in [0.717, 1.165) is 31.2 Å². The van der Waals surface area contributed by atoms with Gasteiger partial charge in [-0.25, -0.2) is 0 Å². The number of amides is 3. The van der Waals surface area contributed by atoms with Gasteiger partial charge in [-0.1, -0.05) is 25.0 Å². The largest absolute Gasteiger partial charge is 0.497 e. The maximum atomic E-state index is 12.5. The monoisotopic (exact) mass is 464 g/mol. The molecule has 8 nitrogen and oxygen atoms in total. The Balaban J connectivity index is 1.23. The zero-order valence-electron chi connectivity index (χ0n) is 19.1. The molecule has 0 radical (unpaired) electrons. The summed E-state index contributed by atoms with van der Waals surface area (Å²) >= 11 is 0. The van der Waals surface area contributed by atoms with Crippen molar-refractivity contribution in [3.8, 4) is 5.75 Å². The Bertz CT molecular complexity index is 1040. The molecule has 0 spiro atoms. The third-order valence-electron chi connectivity index (χ3n) is 6.44. The number of carbonyl (C=O) groups is 4. The number of carbonyl (C=O) groups excluding carboxylic acids is 4. The second kappa shape index (κ2) is 10.5. The summed E-state index contributed by atoms with van der Waals surface area (Å²) in [6.07, 6.45) is 3.42. The standard InChI is InChI=1S/C26H28N2O6/c1-33-20-12-10-19(11-13-20)27-24(30)18-8-6-17(7-9-18)16-34-23(29)14-15-28-25(31)21-4-2-3-5-22(21)26(28)32/h6-13,21-22H,2-5,14-16H2,1H3,(H,27,30)/t21-,22-/m1/s1. The quantitative estimate of drug-likeness (QED) is 0.474. The molecular weight excluding hydrogens is 436 g/mol. The van der Waals surface area contributed by atoms with Crippen LogP contribution in [-0.2, 0) is 25.7 Å². The Kier molecular flexibility index (Phi) is 7.25. The fourth-order valence-electron chi connectivity index (χ4n) is 4.52. The highest BCUT2D eigenvalue weighted by atomic mass is 16.5. The van der Waals surface area contributed by atoms with Crippen LogP contribution in [0.3, 0.4) is 0 Å². The molecule has 34 heavy (non-hydrogen) atoms. The van der Waals surface area contributed by atoms with Crippen LogP contribution in [-0.4, -0.2) is 42.2 Å². The lowest BCUT2D eigenvalue weighted by atomic mass is 9.81. The molecule has 8 heteroatoms. The minimum absolute atomic E-state index is 0.0285. The van der Waals surface area contributed by atoms with E-state index in [1.807, 2.05) is 0 Å². The van der Waals surface area contributed by atoms with Gasteiger partial charge in [0.1, 0.15) is 12.4 Å². The summed E-state index contributed by atoms with van der Waals surface area (Å²) in [7, 11) is 1.58. The van der Waals surface area contributed by atoms with Crippen LogP contribution in [0.25, 0.3) is 0 Å². The summed E-state index contributed by atoms with van der Waals surface area (Å²) in [6, 6.07) is 13.8. The van der Waals surface area contributed by atoms with E-state index < -0.39 is 5.97 Å². The Morgan fingerprint density at radius 2 is 1.56 bits per heavy atom. The van der Waals surface area contributed by atoms with Gasteiger partial charge in [0, 0.05) is 17.8 Å². The first-order chi connectivity index (χ1) is 16.5. The molecule has 4 rings (SSSR count). The average molecular weight is 465 g/mol. The first kappa shape index (κ1) is 23.5. The van der Waals surface area contributed by atoms with E-state index in [-0.39, 0.29) is 49.1 Å². The molecule has 1 aliphatic carbocycles. The first-order valence-corrected chi connectivity index (χ1v) is 11.5. The zero-order valence-corrected chi connectivity index (χ0v) is 19.1. The molecule has 178 valence electrons. The molecule has 2 aliphatic rings. The highest BCUT2D eigenvalue weighted by Gasteiger charge is 2.47. The predicted molar refractivity (Wildman–Crippen MR) is 124 cm³/mol. The lowest BCUT2D eigenvalue weighted by molar-refractivity contribution is -0.146. The van der Waals surface area contributed by atoms with Crippen molar-refractivity contribution < 1.29 is 28.7 Å². The second-order valence-corrected chi connectivity index (χ2v) is 8.62. The molecule has 3 amide bonds. The number of rotatable bonds is 8. The van der Waals surface area contributed by atoms with Gasteiger partial charge in [0.25, 0.3) is 5.91 Å². The number of fused-ring (bicyclic) bond motifs is 1. The van der Waals surface area contributed by atoms with Crippen LogP contribution in [0, 0.1) is 11.8 Å². The normalized spacial score (nSPS) is 19.5. The lowest BCUT2D eigenvalue weighted by Crippen LogP contribution is -2.33. The number of anilines is 1. The number of nitrogens with one attached hydrogen (secondary N) is 1. The molecule has 2 atom stereocenters. The third-order valence-corrected chi connectivity index (χ3v) is 6.44. The van der Waals surface area contributed by atoms with Crippen molar-refractivity contribution in [3.05, 3.63) is 59.7 Å². The molecule has 0 unspecified atom stereocenters. The minimum atomic E-state index is -0.475. The van der Waals surface area contributed by atoms with Crippen molar-refractivity contribution in [1.29, 1.82) is 0 Å². The minimum Gasteiger partial charge on any atom is -0.497 e. The number of likely N-dealkylation sites (tertiary alicyclic amines) is 1. The van der Waals surface area contributed by atoms with E-state index >= 15 is 0 Å². The number of esters is 1. The molecule has 1 saturated heterocycles. The van der Waals surface area contributed by atoms with Crippen molar-refractivity contribution in [2.45, 2.75) is 38.7 Å². The average Bonchev–Trinajstić information content (AvgIpc) is 3.11. The number of benzene rings is 2. The van der Waals surface area contributed by atoms with E-state index in [0.29, 0.717) is 17.0 Å². The van der Waals surface area contributed by atoms with Gasteiger partial charge in [0.2, 0.25) is 11.8 Å². The first-order valence-electron chi connectivity index (χ1n) is 11.5. The van der Waals surface area contributed by atoms with Crippen LogP contribution in [0.4, 0.5) is 5.69 Å². The molecule has 2 aromatic rings. The maximum absolute atomic E-state index is 12.5. The van der Waals surface area contributed by atoms with Crippen molar-refractivity contribution in [2.75, 3.05) is 19.0 Å². The summed E-state index contributed by atoms with van der Waals surface area (Å²) in [5.74, 6) is -0.744. The number of ether oxygens (including phenoxy) is 2. The van der Waals surface area contributed by atoms with Gasteiger partial charge in [-0.15, -0.1) is 0 Å². The van der Waals surface area contributed by atoms with Crippen LogP contribution in [0.2, 0.25) is 0 Å². The van der Waals surface area contributed by atoms with E-state index in [1.165, 1.54) is 4.90 Å². The summed E-state index contributed by atoms with van der Waals surface area (Å²) < 4.78 is 10.4. The molecule has 2 fully saturated rings. The van der Waals surface area contributed by atoms with Crippen LogP contribution >= 0.6 is 0 Å². The highest BCUT2D eigenvalue weighted by Crippen LogP contribution is 2.38. The lowest BCUT2D eigenvalue weighted by Gasteiger charge is -2.19. The Morgan fingerprint density at radius 1 is 0.941 bits per heavy atom. The summed E-state index contributed by atoms with van der Waals surface area (Å²) in [4.78, 5) is 50.8. The number of methoxy groups -OCH3 is 1. The zero-order chi connectivity index (χ0) is 24.1. The van der Waals surface area contributed by atoms with E-state index in [9.17, 15) is 19.2 Å². The summed E-state index contributed by atoms with van der Waals surface area (Å²) in [6.45, 7) is 0.111. The summed E-state index contributed by atoms with van der Waals surface area (Å²) in [5, 5.41) is 2.81. The molecule has 0 bridgehead atoms. The van der Waals surface area contributed by atoms with E-state index in [2.05, 4.69) is 5.32 Å². The van der Waals surface area contributed by atoms with Crippen molar-refractivity contribution in [3.63, 3.8) is 0 Å². The van der Waals surface area contributed by atoms with Gasteiger partial charge in [-0.05, 0) is 54.8 Å². The molecule has 0 aromatic heterocycles. The Morgan fingerprint density at radius 3 is 2.15 bits per heavy atom. The van der Waals surface area contributed by atoms with Gasteiger partial charge >= 0.3 is 5.97 Å². The number of hydrogen-bond donors (Lipinski definition) is 1. The van der Waals surface area contributed by atoms with E-state index in [1.54, 1.807) is 55.6 Å². The molecule has 1 aliphatic heterocycles. The van der Waals surface area contributed by atoms with Gasteiger partial charge in [-0.2, -0.15) is 0 Å². The predicted octanol–water partition coefficient (Wildman–Crippen LogP) is 3.56. The van der Waals surface area contributed by atoms with Crippen LogP contribution in [0.15, 0.2) is 48.5 Å². The van der Waals surface area contributed by atoms with Crippen LogP contribution in [0.1, 0.15) is 48.0 Å².